The molecule has 3 heterocycles. The third kappa shape index (κ3) is 7.16. The normalized spacial score (nSPS) is 19.2. The maximum atomic E-state index is 14.1. The highest BCUT2D eigenvalue weighted by atomic mass is 19.4. The van der Waals surface area contributed by atoms with Crippen LogP contribution < -0.4 is 15.0 Å². The summed E-state index contributed by atoms with van der Waals surface area (Å²) in [5, 5.41) is 9.63. The van der Waals surface area contributed by atoms with E-state index in [0.29, 0.717) is 42.9 Å². The second-order valence-electron chi connectivity index (χ2n) is 13.0. The number of amides is 2. The first-order valence-corrected chi connectivity index (χ1v) is 16.0. The summed E-state index contributed by atoms with van der Waals surface area (Å²) in [6.07, 6.45) is 1.49. The number of aromatic nitrogens is 2. The van der Waals surface area contributed by atoms with Crippen LogP contribution in [0, 0.1) is 5.92 Å². The number of H-pyrrole nitrogens is 1. The van der Waals surface area contributed by atoms with Gasteiger partial charge in [0.15, 0.2) is 5.60 Å². The molecule has 12 heteroatoms. The Morgan fingerprint density at radius 1 is 1.04 bits per heavy atom. The van der Waals surface area contributed by atoms with E-state index in [0.717, 1.165) is 50.7 Å². The smallest absolute Gasteiger partial charge is 0.417 e. The lowest BCUT2D eigenvalue weighted by molar-refractivity contribution is -0.146. The number of benzene rings is 2. The molecule has 1 aliphatic carbocycles. The number of piperazine rings is 1. The fraction of sp³-hybridized carbons (Fsp3) is 0.500. The summed E-state index contributed by atoms with van der Waals surface area (Å²) in [5.41, 5.74) is 0.00119. The van der Waals surface area contributed by atoms with E-state index in [4.69, 9.17) is 4.74 Å². The standard InChI is InChI=1S/C34H41F3N6O3/c1-33(2,32(45)41-15-12-38-13-16-41)46-28-7-3-6-27(18-28)42-14-4-5-24(22-42)31(44)43(26-9-10-26)21-23-8-11-29(25-19-39-40-20-25)30(17-23)34(35,36)37/h3,6-8,11,17-20,24,26,38H,4-5,9-10,12-16,21-22H2,1-2H3,(H,39,40). The number of piperidine rings is 1. The minimum absolute atomic E-state index is 0.0187. The topological polar surface area (TPSA) is 93.8 Å². The van der Waals surface area contributed by atoms with Gasteiger partial charge >= 0.3 is 6.18 Å². The molecule has 6 rings (SSSR count). The number of hydrogen-bond donors (Lipinski definition) is 2. The van der Waals surface area contributed by atoms with Crippen LogP contribution in [0.5, 0.6) is 5.75 Å². The van der Waals surface area contributed by atoms with Crippen molar-refractivity contribution < 1.29 is 27.5 Å². The van der Waals surface area contributed by atoms with Gasteiger partial charge < -0.3 is 24.8 Å². The summed E-state index contributed by atoms with van der Waals surface area (Å²) in [6.45, 7) is 7.79. The minimum atomic E-state index is -4.55. The molecule has 3 aromatic rings. The molecule has 46 heavy (non-hydrogen) atoms. The summed E-state index contributed by atoms with van der Waals surface area (Å²) in [6, 6.07) is 12.0. The average molecular weight is 639 g/mol. The molecule has 1 atom stereocenters. The molecule has 0 spiro atoms. The van der Waals surface area contributed by atoms with E-state index in [-0.39, 0.29) is 35.9 Å². The zero-order chi connectivity index (χ0) is 32.5. The van der Waals surface area contributed by atoms with Crippen molar-refractivity contribution in [2.45, 2.75) is 63.9 Å². The van der Waals surface area contributed by atoms with E-state index in [1.807, 2.05) is 29.2 Å². The molecule has 3 fully saturated rings. The molecule has 2 amide bonds. The summed E-state index contributed by atoms with van der Waals surface area (Å²) in [4.78, 5) is 32.9. The molecule has 9 nitrogen and oxygen atoms in total. The molecule has 1 saturated carbocycles. The average Bonchev–Trinajstić information content (AvgIpc) is 3.75. The molecular formula is C34H41F3N6O3. The van der Waals surface area contributed by atoms with Crippen LogP contribution in [-0.2, 0) is 22.3 Å². The predicted octanol–water partition coefficient (Wildman–Crippen LogP) is 5.09. The number of hydrogen-bond acceptors (Lipinski definition) is 6. The van der Waals surface area contributed by atoms with Crippen LogP contribution >= 0.6 is 0 Å². The molecule has 2 N–H and O–H groups in total. The Bertz CT molecular complexity index is 1530. The Balaban J connectivity index is 1.15. The highest BCUT2D eigenvalue weighted by Gasteiger charge is 2.39. The van der Waals surface area contributed by atoms with Gasteiger partial charge in [0.05, 0.1) is 17.7 Å². The lowest BCUT2D eigenvalue weighted by Gasteiger charge is -2.37. The van der Waals surface area contributed by atoms with Crippen LogP contribution in [0.2, 0.25) is 0 Å². The van der Waals surface area contributed by atoms with E-state index in [2.05, 4.69) is 20.4 Å². The first kappa shape index (κ1) is 31.9. The Kier molecular flexibility index (Phi) is 9.00. The van der Waals surface area contributed by atoms with Crippen molar-refractivity contribution in [2.75, 3.05) is 44.2 Å². The van der Waals surface area contributed by atoms with Crippen LogP contribution in [0.1, 0.15) is 50.7 Å². The van der Waals surface area contributed by atoms with E-state index in [1.54, 1.807) is 24.8 Å². The quantitative estimate of drug-likeness (QED) is 0.339. The van der Waals surface area contributed by atoms with Crippen molar-refractivity contribution in [2.24, 2.45) is 5.92 Å². The first-order chi connectivity index (χ1) is 22.0. The monoisotopic (exact) mass is 638 g/mol. The highest BCUT2D eigenvalue weighted by molar-refractivity contribution is 5.85. The molecular weight excluding hydrogens is 597 g/mol. The van der Waals surface area contributed by atoms with Crippen LogP contribution in [-0.4, -0.2) is 82.7 Å². The zero-order valence-corrected chi connectivity index (χ0v) is 26.3. The summed E-state index contributed by atoms with van der Waals surface area (Å²) >= 11 is 0. The number of alkyl halides is 3. The molecule has 2 saturated heterocycles. The lowest BCUT2D eigenvalue weighted by atomic mass is 9.95. The summed E-state index contributed by atoms with van der Waals surface area (Å²) in [5.74, 6) is 0.229. The van der Waals surface area contributed by atoms with Crippen LogP contribution in [0.25, 0.3) is 11.1 Å². The van der Waals surface area contributed by atoms with E-state index in [1.165, 1.54) is 18.5 Å². The molecule has 2 aromatic carbocycles. The molecule has 0 radical (unpaired) electrons. The number of carbonyl (C=O) groups is 2. The number of halogens is 3. The number of rotatable bonds is 9. The van der Waals surface area contributed by atoms with E-state index < -0.39 is 17.3 Å². The van der Waals surface area contributed by atoms with Gasteiger partial charge in [-0.1, -0.05) is 18.2 Å². The maximum Gasteiger partial charge on any atom is 0.417 e. The number of carbonyl (C=O) groups excluding carboxylic acids is 2. The molecule has 246 valence electrons. The van der Waals surface area contributed by atoms with Gasteiger partial charge in [-0.15, -0.1) is 0 Å². The van der Waals surface area contributed by atoms with E-state index in [9.17, 15) is 22.8 Å². The fourth-order valence-corrected chi connectivity index (χ4v) is 6.52. The Morgan fingerprint density at radius 2 is 1.83 bits per heavy atom. The highest BCUT2D eigenvalue weighted by Crippen LogP contribution is 2.39. The Hall–Kier alpha value is -4.06. The van der Waals surface area contributed by atoms with Crippen LogP contribution in [0.15, 0.2) is 54.9 Å². The second-order valence-corrected chi connectivity index (χ2v) is 13.0. The first-order valence-electron chi connectivity index (χ1n) is 16.0. The van der Waals surface area contributed by atoms with Gasteiger partial charge in [-0.05, 0) is 68.9 Å². The molecule has 1 aromatic heterocycles. The SMILES string of the molecule is CC(C)(Oc1cccc(N2CCCC(C(=O)N(Cc3ccc(-c4cn[nH]c4)c(C(F)(F)F)c3)C3CC3)C2)c1)C(=O)N1CCNCC1. The van der Waals surface area contributed by atoms with Gasteiger partial charge in [-0.2, -0.15) is 18.3 Å². The van der Waals surface area contributed by atoms with Gasteiger partial charge in [0.25, 0.3) is 5.91 Å². The van der Waals surface area contributed by atoms with Crippen LogP contribution in [0.3, 0.4) is 0 Å². The van der Waals surface area contributed by atoms with Crippen molar-refractivity contribution in [1.82, 2.24) is 25.3 Å². The van der Waals surface area contributed by atoms with Gasteiger partial charge in [0.1, 0.15) is 5.75 Å². The van der Waals surface area contributed by atoms with Crippen molar-refractivity contribution in [3.63, 3.8) is 0 Å². The van der Waals surface area contributed by atoms with Crippen molar-refractivity contribution >= 4 is 17.5 Å². The summed E-state index contributed by atoms with van der Waals surface area (Å²) < 4.78 is 48.5. The van der Waals surface area contributed by atoms with Gasteiger partial charge in [0, 0.05) is 75.4 Å². The third-order valence-electron chi connectivity index (χ3n) is 9.07. The Morgan fingerprint density at radius 3 is 2.52 bits per heavy atom. The van der Waals surface area contributed by atoms with Gasteiger partial charge in [0.2, 0.25) is 5.91 Å². The maximum absolute atomic E-state index is 14.1. The third-order valence-corrected chi connectivity index (χ3v) is 9.07. The van der Waals surface area contributed by atoms with Gasteiger partial charge in [-0.25, -0.2) is 0 Å². The van der Waals surface area contributed by atoms with Crippen molar-refractivity contribution in [3.8, 4) is 16.9 Å². The molecule has 0 bridgehead atoms. The van der Waals surface area contributed by atoms with E-state index >= 15 is 0 Å². The number of ether oxygens (including phenoxy) is 1. The van der Waals surface area contributed by atoms with Crippen molar-refractivity contribution in [3.05, 3.63) is 66.0 Å². The summed E-state index contributed by atoms with van der Waals surface area (Å²) in [7, 11) is 0. The number of nitrogens with zero attached hydrogens (tertiary/aromatic N) is 4. The molecule has 3 aliphatic rings. The van der Waals surface area contributed by atoms with Gasteiger partial charge in [-0.3, -0.25) is 14.7 Å². The van der Waals surface area contributed by atoms with Crippen molar-refractivity contribution in [1.29, 1.82) is 0 Å². The molecule has 2 aliphatic heterocycles. The fourth-order valence-electron chi connectivity index (χ4n) is 6.52. The predicted molar refractivity (Wildman–Crippen MR) is 168 cm³/mol. The Labute approximate surface area is 267 Å². The zero-order valence-electron chi connectivity index (χ0n) is 26.3. The van der Waals surface area contributed by atoms with Crippen LogP contribution in [0.4, 0.5) is 18.9 Å². The number of aromatic amines is 1. The lowest BCUT2D eigenvalue weighted by Crippen LogP contribution is -2.54. The second kappa shape index (κ2) is 13.0. The largest absolute Gasteiger partial charge is 0.478 e. The molecule has 1 unspecified atom stereocenters. The number of nitrogens with one attached hydrogen (secondary N) is 2. The minimum Gasteiger partial charge on any atom is -0.478 e. The number of anilines is 1.